The van der Waals surface area contributed by atoms with E-state index in [1.54, 1.807) is 20.8 Å². The molecule has 116 valence electrons. The molecule has 0 spiro atoms. The van der Waals surface area contributed by atoms with E-state index in [4.69, 9.17) is 9.47 Å². The Morgan fingerprint density at radius 1 is 1.33 bits per heavy atom. The summed E-state index contributed by atoms with van der Waals surface area (Å²) in [6.45, 7) is 4.50. The lowest BCUT2D eigenvalue weighted by Crippen LogP contribution is -2.45. The van der Waals surface area contributed by atoms with E-state index >= 15 is 0 Å². The molecule has 1 aliphatic rings. The Kier molecular flexibility index (Phi) is 3.82. The molecule has 4 nitrogen and oxygen atoms in total. The van der Waals surface area contributed by atoms with Crippen molar-refractivity contribution < 1.29 is 23.0 Å². The molecule has 1 amide bonds. The van der Waals surface area contributed by atoms with Crippen LogP contribution < -0.4 is 4.74 Å². The summed E-state index contributed by atoms with van der Waals surface area (Å²) in [5.41, 5.74) is -0.416. The zero-order valence-corrected chi connectivity index (χ0v) is 12.6. The number of amides is 1. The van der Waals surface area contributed by atoms with Crippen LogP contribution in [0.3, 0.4) is 0 Å². The first-order valence-electron chi connectivity index (χ1n) is 6.65. The van der Waals surface area contributed by atoms with Gasteiger partial charge in [0.1, 0.15) is 11.4 Å². The fraction of sp³-hybridized carbons (Fsp3) is 0.533. The summed E-state index contributed by atoms with van der Waals surface area (Å²) in [6.07, 6.45) is -0.740. The molecular formula is C15H19F2NO3. The number of hydrogen-bond donors (Lipinski definition) is 0. The predicted octanol–water partition coefficient (Wildman–Crippen LogP) is 3.54. The van der Waals surface area contributed by atoms with E-state index in [1.807, 2.05) is 0 Å². The minimum Gasteiger partial charge on any atom is -0.497 e. The summed E-state index contributed by atoms with van der Waals surface area (Å²) in [5.74, 6) is -2.62. The molecule has 0 N–H and O–H groups in total. The first kappa shape index (κ1) is 15.5. The number of methoxy groups -OCH3 is 1. The van der Waals surface area contributed by atoms with Gasteiger partial charge in [0.2, 0.25) is 0 Å². The molecule has 0 unspecified atom stereocenters. The number of alkyl halides is 2. The number of carbonyl (C=O) groups excluding carboxylic acids is 1. The molecule has 0 atom stereocenters. The van der Waals surface area contributed by atoms with E-state index in [0.717, 1.165) is 4.90 Å². The Hall–Kier alpha value is -1.85. The van der Waals surface area contributed by atoms with Gasteiger partial charge in [-0.05, 0) is 44.5 Å². The number of benzene rings is 1. The summed E-state index contributed by atoms with van der Waals surface area (Å²) >= 11 is 0. The van der Waals surface area contributed by atoms with Crippen LogP contribution in [0.15, 0.2) is 18.2 Å². The van der Waals surface area contributed by atoms with Crippen molar-refractivity contribution in [2.45, 2.75) is 38.8 Å². The van der Waals surface area contributed by atoms with Gasteiger partial charge >= 0.3 is 6.09 Å². The average molecular weight is 299 g/mol. The third-order valence-corrected chi connectivity index (χ3v) is 3.11. The minimum atomic E-state index is -3.10. The molecule has 0 saturated heterocycles. The molecule has 0 aliphatic carbocycles. The van der Waals surface area contributed by atoms with Crippen molar-refractivity contribution in [3.05, 3.63) is 29.3 Å². The number of halogens is 2. The molecule has 0 saturated carbocycles. The van der Waals surface area contributed by atoms with Crippen LogP contribution in [0.2, 0.25) is 0 Å². The average Bonchev–Trinajstić information content (AvgIpc) is 2.35. The van der Waals surface area contributed by atoms with E-state index < -0.39 is 24.2 Å². The lowest BCUT2D eigenvalue weighted by atomic mass is 9.96. The molecular weight excluding hydrogens is 280 g/mol. The van der Waals surface area contributed by atoms with Crippen molar-refractivity contribution in [2.24, 2.45) is 0 Å². The third kappa shape index (κ3) is 3.43. The Balaban J connectivity index is 2.29. The fourth-order valence-corrected chi connectivity index (χ4v) is 2.23. The molecule has 0 bridgehead atoms. The van der Waals surface area contributed by atoms with E-state index in [2.05, 4.69) is 0 Å². The van der Waals surface area contributed by atoms with Gasteiger partial charge in [0.15, 0.2) is 0 Å². The molecule has 6 heteroatoms. The van der Waals surface area contributed by atoms with E-state index in [0.29, 0.717) is 11.3 Å². The summed E-state index contributed by atoms with van der Waals surface area (Å²) < 4.78 is 38.6. The predicted molar refractivity (Wildman–Crippen MR) is 73.5 cm³/mol. The maximum atomic E-state index is 14.2. The summed E-state index contributed by atoms with van der Waals surface area (Å²) in [6, 6.07) is 4.37. The Morgan fingerprint density at radius 2 is 2.00 bits per heavy atom. The van der Waals surface area contributed by atoms with Gasteiger partial charge < -0.3 is 9.47 Å². The van der Waals surface area contributed by atoms with Crippen LogP contribution >= 0.6 is 0 Å². The normalized spacial score (nSPS) is 17.1. The molecule has 1 aromatic carbocycles. The fourth-order valence-electron chi connectivity index (χ4n) is 2.23. The molecule has 21 heavy (non-hydrogen) atoms. The second kappa shape index (κ2) is 5.16. The van der Waals surface area contributed by atoms with Crippen molar-refractivity contribution in [3.8, 4) is 5.75 Å². The molecule has 1 heterocycles. The highest BCUT2D eigenvalue weighted by Crippen LogP contribution is 2.38. The van der Waals surface area contributed by atoms with Crippen LogP contribution in [-0.2, 0) is 17.2 Å². The van der Waals surface area contributed by atoms with Crippen molar-refractivity contribution in [1.29, 1.82) is 0 Å². The molecule has 1 aromatic rings. The molecule has 0 radical (unpaired) electrons. The van der Waals surface area contributed by atoms with E-state index in [9.17, 15) is 13.6 Å². The van der Waals surface area contributed by atoms with Crippen molar-refractivity contribution in [3.63, 3.8) is 0 Å². The lowest BCUT2D eigenvalue weighted by molar-refractivity contribution is -0.0592. The Bertz CT molecular complexity index is 552. The smallest absolute Gasteiger partial charge is 0.410 e. The number of carbonyl (C=O) groups is 1. The van der Waals surface area contributed by atoms with Gasteiger partial charge in [-0.2, -0.15) is 8.78 Å². The van der Waals surface area contributed by atoms with Gasteiger partial charge in [-0.3, -0.25) is 4.90 Å². The highest BCUT2D eigenvalue weighted by molar-refractivity contribution is 5.69. The first-order valence-corrected chi connectivity index (χ1v) is 6.65. The summed E-state index contributed by atoms with van der Waals surface area (Å²) in [7, 11) is 1.47. The van der Waals surface area contributed by atoms with Gasteiger partial charge in [-0.1, -0.05) is 0 Å². The van der Waals surface area contributed by atoms with Gasteiger partial charge in [0, 0.05) is 12.1 Å². The molecule has 2 rings (SSSR count). The largest absolute Gasteiger partial charge is 0.497 e. The minimum absolute atomic E-state index is 0.0666. The number of rotatable bonds is 1. The topological polar surface area (TPSA) is 38.8 Å². The van der Waals surface area contributed by atoms with Gasteiger partial charge in [-0.25, -0.2) is 4.79 Å². The van der Waals surface area contributed by atoms with Crippen molar-refractivity contribution >= 4 is 6.09 Å². The Morgan fingerprint density at radius 3 is 2.57 bits per heavy atom. The van der Waals surface area contributed by atoms with Crippen molar-refractivity contribution in [1.82, 2.24) is 4.90 Å². The second-order valence-electron chi connectivity index (χ2n) is 6.06. The van der Waals surface area contributed by atoms with E-state index in [-0.39, 0.29) is 12.1 Å². The first-order chi connectivity index (χ1) is 9.62. The van der Waals surface area contributed by atoms with Crippen molar-refractivity contribution in [2.75, 3.05) is 13.7 Å². The molecule has 1 aliphatic heterocycles. The maximum Gasteiger partial charge on any atom is 0.410 e. The van der Waals surface area contributed by atoms with Crippen LogP contribution in [0.1, 0.15) is 31.9 Å². The number of nitrogens with zero attached hydrogens (tertiary/aromatic N) is 1. The van der Waals surface area contributed by atoms with Crippen LogP contribution in [0.4, 0.5) is 13.6 Å². The second-order valence-corrected chi connectivity index (χ2v) is 6.06. The quantitative estimate of drug-likeness (QED) is 0.796. The van der Waals surface area contributed by atoms with Crippen LogP contribution in [0, 0.1) is 0 Å². The van der Waals surface area contributed by atoms with E-state index in [1.165, 1.54) is 25.3 Å². The number of fused-ring (bicyclic) bond motifs is 1. The monoisotopic (exact) mass is 299 g/mol. The van der Waals surface area contributed by atoms with Crippen LogP contribution in [0.25, 0.3) is 0 Å². The number of ether oxygens (including phenoxy) is 2. The third-order valence-electron chi connectivity index (χ3n) is 3.11. The van der Waals surface area contributed by atoms with Gasteiger partial charge in [0.25, 0.3) is 5.92 Å². The Labute approximate surface area is 122 Å². The zero-order valence-electron chi connectivity index (χ0n) is 12.6. The summed E-state index contributed by atoms with van der Waals surface area (Å²) in [5, 5.41) is 0. The maximum absolute atomic E-state index is 14.2. The van der Waals surface area contributed by atoms with Crippen LogP contribution in [-0.4, -0.2) is 30.2 Å². The van der Waals surface area contributed by atoms with Crippen LogP contribution in [0.5, 0.6) is 5.75 Å². The SMILES string of the molecule is COc1ccc2c(c1)CN(C(=O)OC(C)(C)C)CC2(F)F. The molecule has 0 fully saturated rings. The summed E-state index contributed by atoms with van der Waals surface area (Å²) in [4.78, 5) is 13.0. The highest BCUT2D eigenvalue weighted by atomic mass is 19.3. The van der Waals surface area contributed by atoms with Gasteiger partial charge in [0.05, 0.1) is 13.7 Å². The standard InChI is InChI=1S/C15H19F2NO3/c1-14(2,3)21-13(19)18-8-10-7-11(20-4)5-6-12(10)15(16,17)9-18/h5-7H,8-9H2,1-4H3. The number of hydrogen-bond acceptors (Lipinski definition) is 3. The highest BCUT2D eigenvalue weighted by Gasteiger charge is 2.43. The zero-order chi connectivity index (χ0) is 15.8. The molecule has 0 aromatic heterocycles. The lowest BCUT2D eigenvalue weighted by Gasteiger charge is -2.35. The van der Waals surface area contributed by atoms with Gasteiger partial charge in [-0.15, -0.1) is 0 Å².